The third kappa shape index (κ3) is 3.18. The molecule has 1 heterocycles. The average molecular weight is 195 g/mol. The largest absolute Gasteiger partial charge is 0.468 e. The Morgan fingerprint density at radius 3 is 2.79 bits per heavy atom. The molecular weight excluding hydrogens is 174 g/mol. The van der Waals surface area contributed by atoms with Crippen LogP contribution in [0, 0.1) is 5.92 Å². The normalized spacial score (nSPS) is 15.4. The van der Waals surface area contributed by atoms with E-state index in [2.05, 4.69) is 19.2 Å². The van der Waals surface area contributed by atoms with Crippen molar-refractivity contribution in [2.24, 2.45) is 5.92 Å². The zero-order chi connectivity index (χ0) is 10.4. The SMILES string of the molecule is CCCC(C)CC(NC)c1ccco1. The van der Waals surface area contributed by atoms with Crippen LogP contribution in [-0.4, -0.2) is 7.05 Å². The molecule has 14 heavy (non-hydrogen) atoms. The van der Waals surface area contributed by atoms with Crippen molar-refractivity contribution in [3.05, 3.63) is 24.2 Å². The average Bonchev–Trinajstić information content (AvgIpc) is 2.67. The van der Waals surface area contributed by atoms with Gasteiger partial charge in [-0.05, 0) is 31.5 Å². The second-order valence-corrected chi connectivity index (χ2v) is 3.99. The molecule has 0 spiro atoms. The first-order valence-corrected chi connectivity index (χ1v) is 5.48. The summed E-state index contributed by atoms with van der Waals surface area (Å²) in [6.45, 7) is 4.54. The summed E-state index contributed by atoms with van der Waals surface area (Å²) < 4.78 is 5.40. The van der Waals surface area contributed by atoms with Crippen LogP contribution in [0.15, 0.2) is 22.8 Å². The molecule has 1 aromatic heterocycles. The van der Waals surface area contributed by atoms with Gasteiger partial charge in [-0.2, -0.15) is 0 Å². The Bertz CT molecular complexity index is 230. The lowest BCUT2D eigenvalue weighted by molar-refractivity contribution is 0.354. The van der Waals surface area contributed by atoms with E-state index < -0.39 is 0 Å². The first-order chi connectivity index (χ1) is 6.77. The minimum Gasteiger partial charge on any atom is -0.468 e. The van der Waals surface area contributed by atoms with Crippen molar-refractivity contribution in [1.29, 1.82) is 0 Å². The predicted molar refractivity (Wildman–Crippen MR) is 59.2 cm³/mol. The summed E-state index contributed by atoms with van der Waals surface area (Å²) in [6.07, 6.45) is 5.44. The van der Waals surface area contributed by atoms with E-state index in [1.807, 2.05) is 19.2 Å². The fourth-order valence-corrected chi connectivity index (χ4v) is 1.88. The van der Waals surface area contributed by atoms with Crippen molar-refractivity contribution in [3.8, 4) is 0 Å². The molecule has 2 nitrogen and oxygen atoms in total. The van der Waals surface area contributed by atoms with Crippen LogP contribution in [0.1, 0.15) is 44.9 Å². The molecule has 0 bridgehead atoms. The molecule has 2 heteroatoms. The monoisotopic (exact) mass is 195 g/mol. The molecule has 1 N–H and O–H groups in total. The second kappa shape index (κ2) is 5.86. The van der Waals surface area contributed by atoms with Crippen LogP contribution in [0.3, 0.4) is 0 Å². The highest BCUT2D eigenvalue weighted by atomic mass is 16.3. The van der Waals surface area contributed by atoms with Gasteiger partial charge >= 0.3 is 0 Å². The molecule has 0 saturated heterocycles. The Labute approximate surface area is 86.7 Å². The molecule has 0 aliphatic rings. The van der Waals surface area contributed by atoms with Gasteiger partial charge in [0.2, 0.25) is 0 Å². The van der Waals surface area contributed by atoms with E-state index >= 15 is 0 Å². The Kier molecular flexibility index (Phi) is 4.74. The Morgan fingerprint density at radius 2 is 2.29 bits per heavy atom. The van der Waals surface area contributed by atoms with Crippen molar-refractivity contribution in [1.82, 2.24) is 5.32 Å². The van der Waals surface area contributed by atoms with E-state index in [1.54, 1.807) is 6.26 Å². The zero-order valence-corrected chi connectivity index (χ0v) is 9.42. The molecule has 0 radical (unpaired) electrons. The molecule has 2 atom stereocenters. The van der Waals surface area contributed by atoms with Gasteiger partial charge in [-0.25, -0.2) is 0 Å². The maximum Gasteiger partial charge on any atom is 0.120 e. The van der Waals surface area contributed by atoms with Crippen LogP contribution in [0.4, 0.5) is 0 Å². The first-order valence-electron chi connectivity index (χ1n) is 5.48. The maximum atomic E-state index is 5.40. The van der Waals surface area contributed by atoms with Crippen LogP contribution in [-0.2, 0) is 0 Å². The van der Waals surface area contributed by atoms with Gasteiger partial charge in [-0.1, -0.05) is 26.7 Å². The number of nitrogens with one attached hydrogen (secondary N) is 1. The van der Waals surface area contributed by atoms with Crippen molar-refractivity contribution < 1.29 is 4.42 Å². The third-order valence-corrected chi connectivity index (χ3v) is 2.65. The number of rotatable bonds is 6. The Balaban J connectivity index is 2.47. The summed E-state index contributed by atoms with van der Waals surface area (Å²) >= 11 is 0. The maximum absolute atomic E-state index is 5.40. The van der Waals surface area contributed by atoms with Crippen LogP contribution >= 0.6 is 0 Å². The highest BCUT2D eigenvalue weighted by molar-refractivity contribution is 5.04. The number of hydrogen-bond acceptors (Lipinski definition) is 2. The molecule has 0 aliphatic heterocycles. The summed E-state index contributed by atoms with van der Waals surface area (Å²) in [5.41, 5.74) is 0. The molecule has 0 aromatic carbocycles. The second-order valence-electron chi connectivity index (χ2n) is 3.99. The zero-order valence-electron chi connectivity index (χ0n) is 9.42. The molecule has 2 unspecified atom stereocenters. The Morgan fingerprint density at radius 1 is 1.50 bits per heavy atom. The van der Waals surface area contributed by atoms with Gasteiger partial charge in [0.25, 0.3) is 0 Å². The number of hydrogen-bond donors (Lipinski definition) is 1. The van der Waals surface area contributed by atoms with E-state index in [-0.39, 0.29) is 0 Å². The molecule has 0 fully saturated rings. The van der Waals surface area contributed by atoms with E-state index in [0.717, 1.165) is 18.1 Å². The van der Waals surface area contributed by atoms with Gasteiger partial charge in [0.05, 0.1) is 12.3 Å². The smallest absolute Gasteiger partial charge is 0.120 e. The highest BCUT2D eigenvalue weighted by Crippen LogP contribution is 2.23. The first kappa shape index (κ1) is 11.3. The van der Waals surface area contributed by atoms with Gasteiger partial charge in [0, 0.05) is 0 Å². The molecule has 1 aromatic rings. The van der Waals surface area contributed by atoms with Gasteiger partial charge in [0.1, 0.15) is 5.76 Å². The van der Waals surface area contributed by atoms with Crippen molar-refractivity contribution in [2.75, 3.05) is 7.05 Å². The van der Waals surface area contributed by atoms with Gasteiger partial charge in [-0.3, -0.25) is 0 Å². The Hall–Kier alpha value is -0.760. The summed E-state index contributed by atoms with van der Waals surface area (Å²) in [7, 11) is 1.99. The molecular formula is C12H21NO. The topological polar surface area (TPSA) is 25.2 Å². The lowest BCUT2D eigenvalue weighted by Crippen LogP contribution is -2.18. The minimum absolute atomic E-state index is 0.367. The highest BCUT2D eigenvalue weighted by Gasteiger charge is 2.14. The molecule has 0 saturated carbocycles. The predicted octanol–water partition coefficient (Wildman–Crippen LogP) is 3.37. The lowest BCUT2D eigenvalue weighted by Gasteiger charge is -2.18. The van der Waals surface area contributed by atoms with E-state index in [0.29, 0.717) is 6.04 Å². The van der Waals surface area contributed by atoms with Crippen LogP contribution in [0.2, 0.25) is 0 Å². The van der Waals surface area contributed by atoms with Crippen molar-refractivity contribution >= 4 is 0 Å². The van der Waals surface area contributed by atoms with E-state index in [9.17, 15) is 0 Å². The van der Waals surface area contributed by atoms with Crippen LogP contribution in [0.5, 0.6) is 0 Å². The lowest BCUT2D eigenvalue weighted by atomic mass is 9.96. The third-order valence-electron chi connectivity index (χ3n) is 2.65. The van der Waals surface area contributed by atoms with Crippen LogP contribution < -0.4 is 5.32 Å². The summed E-state index contributed by atoms with van der Waals surface area (Å²) in [5, 5.41) is 3.30. The summed E-state index contributed by atoms with van der Waals surface area (Å²) in [5.74, 6) is 1.80. The molecule has 0 amide bonds. The fourth-order valence-electron chi connectivity index (χ4n) is 1.88. The van der Waals surface area contributed by atoms with Gasteiger partial charge < -0.3 is 9.73 Å². The molecule has 0 aliphatic carbocycles. The summed E-state index contributed by atoms with van der Waals surface area (Å²) in [4.78, 5) is 0. The van der Waals surface area contributed by atoms with E-state index in [4.69, 9.17) is 4.42 Å². The van der Waals surface area contributed by atoms with E-state index in [1.165, 1.54) is 12.8 Å². The molecule has 80 valence electrons. The number of furan rings is 1. The van der Waals surface area contributed by atoms with Crippen molar-refractivity contribution in [3.63, 3.8) is 0 Å². The fraction of sp³-hybridized carbons (Fsp3) is 0.667. The summed E-state index contributed by atoms with van der Waals surface area (Å²) in [6, 6.07) is 4.36. The van der Waals surface area contributed by atoms with Gasteiger partial charge in [0.15, 0.2) is 0 Å². The molecule has 1 rings (SSSR count). The van der Waals surface area contributed by atoms with Crippen LogP contribution in [0.25, 0.3) is 0 Å². The van der Waals surface area contributed by atoms with Gasteiger partial charge in [-0.15, -0.1) is 0 Å². The quantitative estimate of drug-likeness (QED) is 0.753. The standard InChI is InChI=1S/C12H21NO/c1-4-6-10(2)9-11(13-3)12-7-5-8-14-12/h5,7-8,10-11,13H,4,6,9H2,1-3H3. The van der Waals surface area contributed by atoms with Crippen molar-refractivity contribution in [2.45, 2.75) is 39.2 Å². The minimum atomic E-state index is 0.367.